The van der Waals surface area contributed by atoms with E-state index in [1.54, 1.807) is 24.3 Å². The van der Waals surface area contributed by atoms with Crippen LogP contribution in [-0.4, -0.2) is 40.1 Å². The predicted molar refractivity (Wildman–Crippen MR) is 116 cm³/mol. The number of rotatable bonds is 6. The fourth-order valence-electron chi connectivity index (χ4n) is 2.95. The Morgan fingerprint density at radius 1 is 1.20 bits per heavy atom. The summed E-state index contributed by atoms with van der Waals surface area (Å²) in [4.78, 5) is 12.9. The molecule has 7 nitrogen and oxygen atoms in total. The Hall–Kier alpha value is -2.45. The van der Waals surface area contributed by atoms with Gasteiger partial charge in [0.15, 0.2) is 6.10 Å². The average molecular weight is 453 g/mol. The predicted octanol–water partition coefficient (Wildman–Crippen LogP) is 3.47. The van der Waals surface area contributed by atoms with Crippen molar-refractivity contribution in [3.63, 3.8) is 0 Å². The van der Waals surface area contributed by atoms with E-state index in [1.807, 2.05) is 20.8 Å². The van der Waals surface area contributed by atoms with Crippen LogP contribution in [0, 0.1) is 5.92 Å². The quantitative estimate of drug-likeness (QED) is 0.725. The number of amides is 1. The Bertz CT molecular complexity index is 1020. The molecule has 0 bridgehead atoms. The van der Waals surface area contributed by atoms with Crippen LogP contribution < -0.4 is 19.1 Å². The summed E-state index contributed by atoms with van der Waals surface area (Å²) in [6, 6.07) is 10.7. The van der Waals surface area contributed by atoms with E-state index in [1.165, 1.54) is 29.6 Å². The minimum atomic E-state index is -3.97. The van der Waals surface area contributed by atoms with Gasteiger partial charge in [0, 0.05) is 11.1 Å². The lowest BCUT2D eigenvalue weighted by molar-refractivity contribution is -0.128. The van der Waals surface area contributed by atoms with E-state index in [0.717, 1.165) is 0 Å². The number of benzene rings is 2. The van der Waals surface area contributed by atoms with E-state index in [-0.39, 0.29) is 35.1 Å². The maximum absolute atomic E-state index is 13.4. The zero-order valence-electron chi connectivity index (χ0n) is 17.3. The van der Waals surface area contributed by atoms with Crippen LogP contribution in [0.25, 0.3) is 0 Å². The van der Waals surface area contributed by atoms with Gasteiger partial charge in [0.1, 0.15) is 11.5 Å². The van der Waals surface area contributed by atoms with Crippen molar-refractivity contribution in [2.75, 3.05) is 18.0 Å². The van der Waals surface area contributed by atoms with Crippen LogP contribution in [0.2, 0.25) is 5.02 Å². The van der Waals surface area contributed by atoms with Gasteiger partial charge in [-0.25, -0.2) is 8.42 Å². The molecule has 30 heavy (non-hydrogen) atoms. The third kappa shape index (κ3) is 4.49. The maximum atomic E-state index is 13.4. The Kier molecular flexibility index (Phi) is 6.47. The normalized spacial score (nSPS) is 17.1. The maximum Gasteiger partial charge on any atom is 0.264 e. The van der Waals surface area contributed by atoms with Crippen LogP contribution in [0.1, 0.15) is 20.8 Å². The van der Waals surface area contributed by atoms with Crippen LogP contribution in [-0.2, 0) is 14.8 Å². The van der Waals surface area contributed by atoms with Crippen molar-refractivity contribution in [1.29, 1.82) is 0 Å². The number of fused-ring (bicyclic) bond motifs is 1. The van der Waals surface area contributed by atoms with E-state index in [0.29, 0.717) is 16.5 Å². The Morgan fingerprint density at radius 3 is 2.47 bits per heavy atom. The number of hydrogen-bond donors (Lipinski definition) is 1. The monoisotopic (exact) mass is 452 g/mol. The largest absolute Gasteiger partial charge is 0.497 e. The van der Waals surface area contributed by atoms with Gasteiger partial charge in [-0.05, 0) is 55.3 Å². The number of carbonyl (C=O) groups excluding carboxylic acids is 1. The van der Waals surface area contributed by atoms with E-state index in [2.05, 4.69) is 5.32 Å². The van der Waals surface area contributed by atoms with Crippen molar-refractivity contribution in [1.82, 2.24) is 5.32 Å². The van der Waals surface area contributed by atoms with Crippen molar-refractivity contribution in [2.45, 2.75) is 37.8 Å². The molecule has 1 aliphatic heterocycles. The summed E-state index contributed by atoms with van der Waals surface area (Å²) in [5.41, 5.74) is 0.291. The summed E-state index contributed by atoms with van der Waals surface area (Å²) >= 11 is 6.11. The number of nitrogens with zero attached hydrogens (tertiary/aromatic N) is 1. The first-order valence-corrected chi connectivity index (χ1v) is 11.4. The first-order chi connectivity index (χ1) is 14.1. The van der Waals surface area contributed by atoms with Crippen molar-refractivity contribution >= 4 is 33.2 Å². The average Bonchev–Trinajstić information content (AvgIpc) is 2.72. The molecule has 1 aliphatic rings. The van der Waals surface area contributed by atoms with Crippen LogP contribution >= 0.6 is 11.6 Å². The van der Waals surface area contributed by atoms with Crippen LogP contribution in [0.3, 0.4) is 0 Å². The smallest absolute Gasteiger partial charge is 0.264 e. The lowest BCUT2D eigenvalue weighted by Gasteiger charge is -2.35. The van der Waals surface area contributed by atoms with Gasteiger partial charge in [-0.2, -0.15) is 0 Å². The second-order valence-electron chi connectivity index (χ2n) is 7.47. The zero-order chi connectivity index (χ0) is 22.1. The third-order valence-electron chi connectivity index (χ3n) is 5.10. The van der Waals surface area contributed by atoms with Gasteiger partial charge in [0.05, 0.1) is 24.2 Å². The van der Waals surface area contributed by atoms with Gasteiger partial charge in [-0.3, -0.25) is 9.10 Å². The van der Waals surface area contributed by atoms with Gasteiger partial charge in [-0.15, -0.1) is 0 Å². The fraction of sp³-hybridized carbons (Fsp3) is 0.381. The standard InChI is InChI=1S/C21H25ClN2O5S/c1-13(2)14(3)23-21(25)20-12-24(18-11-15(22)5-10-19(18)29-20)30(26,27)17-8-6-16(28-4)7-9-17/h5-11,13-14,20H,12H2,1-4H3,(H,23,25)/t14-,20+/m1/s1. The number of halogens is 1. The highest BCUT2D eigenvalue weighted by Crippen LogP contribution is 2.39. The van der Waals surface area contributed by atoms with Crippen LogP contribution in [0.15, 0.2) is 47.4 Å². The molecular weight excluding hydrogens is 428 g/mol. The Labute approximate surface area is 182 Å². The highest BCUT2D eigenvalue weighted by Gasteiger charge is 2.38. The fourth-order valence-corrected chi connectivity index (χ4v) is 4.58. The molecule has 1 N–H and O–H groups in total. The second-order valence-corrected chi connectivity index (χ2v) is 9.77. The minimum absolute atomic E-state index is 0.0748. The summed E-state index contributed by atoms with van der Waals surface area (Å²) in [7, 11) is -2.46. The van der Waals surface area contributed by atoms with Gasteiger partial charge >= 0.3 is 0 Å². The molecule has 9 heteroatoms. The first-order valence-electron chi connectivity index (χ1n) is 9.57. The lowest BCUT2D eigenvalue weighted by atomic mass is 10.1. The molecule has 0 saturated carbocycles. The van der Waals surface area contributed by atoms with Gasteiger partial charge < -0.3 is 14.8 Å². The van der Waals surface area contributed by atoms with E-state index in [9.17, 15) is 13.2 Å². The molecule has 0 aliphatic carbocycles. The third-order valence-corrected chi connectivity index (χ3v) is 7.13. The van der Waals surface area contributed by atoms with Gasteiger partial charge in [-0.1, -0.05) is 25.4 Å². The summed E-state index contributed by atoms with van der Waals surface area (Å²) in [6.07, 6.45) is -0.993. The summed E-state index contributed by atoms with van der Waals surface area (Å²) in [5.74, 6) is 0.675. The molecule has 0 aromatic heterocycles. The molecule has 162 valence electrons. The highest BCUT2D eigenvalue weighted by molar-refractivity contribution is 7.92. The van der Waals surface area contributed by atoms with Gasteiger partial charge in [0.2, 0.25) is 0 Å². The molecule has 2 atom stereocenters. The first kappa shape index (κ1) is 22.2. The molecule has 2 aromatic rings. The molecule has 2 aromatic carbocycles. The number of methoxy groups -OCH3 is 1. The van der Waals surface area contributed by atoms with Crippen molar-refractivity contribution in [3.05, 3.63) is 47.5 Å². The van der Waals surface area contributed by atoms with Crippen LogP contribution in [0.5, 0.6) is 11.5 Å². The van der Waals surface area contributed by atoms with Crippen molar-refractivity contribution in [2.24, 2.45) is 5.92 Å². The van der Waals surface area contributed by atoms with E-state index < -0.39 is 16.1 Å². The minimum Gasteiger partial charge on any atom is -0.497 e. The van der Waals surface area contributed by atoms with Crippen LogP contribution in [0.4, 0.5) is 5.69 Å². The summed E-state index contributed by atoms with van der Waals surface area (Å²) < 4.78 is 38.9. The number of hydrogen-bond acceptors (Lipinski definition) is 5. The molecular formula is C21H25ClN2O5S. The van der Waals surface area contributed by atoms with E-state index >= 15 is 0 Å². The Balaban J connectivity index is 1.99. The zero-order valence-corrected chi connectivity index (χ0v) is 18.8. The molecule has 0 unspecified atom stereocenters. The number of anilines is 1. The lowest BCUT2D eigenvalue weighted by Crippen LogP contribution is -2.52. The SMILES string of the molecule is COc1ccc(S(=O)(=O)N2C[C@@H](C(=O)N[C@H](C)C(C)C)Oc3ccc(Cl)cc32)cc1. The molecule has 0 spiro atoms. The van der Waals surface area contributed by atoms with E-state index in [4.69, 9.17) is 21.1 Å². The molecule has 0 saturated heterocycles. The number of sulfonamides is 1. The van der Waals surface area contributed by atoms with Gasteiger partial charge in [0.25, 0.3) is 15.9 Å². The molecule has 0 radical (unpaired) electrons. The van der Waals surface area contributed by atoms with Crippen molar-refractivity contribution < 1.29 is 22.7 Å². The second kappa shape index (κ2) is 8.73. The topological polar surface area (TPSA) is 84.9 Å². The van der Waals surface area contributed by atoms with Crippen molar-refractivity contribution in [3.8, 4) is 11.5 Å². The molecule has 3 rings (SSSR count). The molecule has 0 fully saturated rings. The molecule has 1 heterocycles. The Morgan fingerprint density at radius 2 is 1.87 bits per heavy atom. The summed E-state index contributed by atoms with van der Waals surface area (Å²) in [6.45, 7) is 5.71. The number of ether oxygens (including phenoxy) is 2. The molecule has 1 amide bonds. The number of carbonyl (C=O) groups is 1. The highest BCUT2D eigenvalue weighted by atomic mass is 35.5. The number of nitrogens with one attached hydrogen (secondary N) is 1. The summed E-state index contributed by atoms with van der Waals surface area (Å²) in [5, 5.41) is 3.25.